The normalized spacial score (nSPS) is 10.5. The maximum Gasteiger partial charge on any atom is 0.124 e. The maximum atomic E-state index is 9.92. The summed E-state index contributed by atoms with van der Waals surface area (Å²) >= 11 is 0. The molecule has 0 aliphatic heterocycles. The van der Waals surface area contributed by atoms with Gasteiger partial charge in [0.2, 0.25) is 0 Å². The minimum Gasteiger partial charge on any atom is -0.507 e. The van der Waals surface area contributed by atoms with Crippen LogP contribution in [0.2, 0.25) is 0 Å². The lowest BCUT2D eigenvalue weighted by molar-refractivity contribution is 0.477. The van der Waals surface area contributed by atoms with Crippen molar-refractivity contribution in [1.29, 1.82) is 0 Å². The van der Waals surface area contributed by atoms with E-state index in [1.165, 1.54) is 24.8 Å². The second-order valence-corrected chi connectivity index (χ2v) is 4.49. The van der Waals surface area contributed by atoms with Crippen LogP contribution in [0.1, 0.15) is 31.7 Å². The Morgan fingerprint density at radius 1 is 1.06 bits per heavy atom. The maximum absolute atomic E-state index is 9.92. The number of para-hydroxylation sites is 1. The van der Waals surface area contributed by atoms with Crippen molar-refractivity contribution in [1.82, 2.24) is 4.98 Å². The van der Waals surface area contributed by atoms with Crippen LogP contribution >= 0.6 is 0 Å². The van der Waals surface area contributed by atoms with Crippen molar-refractivity contribution in [2.24, 2.45) is 0 Å². The Bertz CT molecular complexity index is 508. The Kier molecular flexibility index (Phi) is 4.35. The minimum absolute atomic E-state index is 0.299. The van der Waals surface area contributed by atoms with E-state index in [1.807, 2.05) is 24.3 Å². The summed E-state index contributed by atoms with van der Waals surface area (Å²) in [5, 5.41) is 9.92. The van der Waals surface area contributed by atoms with E-state index in [0.717, 1.165) is 17.7 Å². The van der Waals surface area contributed by atoms with Crippen LogP contribution < -0.4 is 0 Å². The average Bonchev–Trinajstić information content (AvgIpc) is 2.40. The van der Waals surface area contributed by atoms with Gasteiger partial charge in [0, 0.05) is 11.8 Å². The monoisotopic (exact) mass is 241 g/mol. The largest absolute Gasteiger partial charge is 0.507 e. The van der Waals surface area contributed by atoms with E-state index in [4.69, 9.17) is 0 Å². The van der Waals surface area contributed by atoms with Crippen LogP contribution in [0.15, 0.2) is 42.6 Å². The lowest BCUT2D eigenvalue weighted by Gasteiger charge is -2.09. The molecule has 18 heavy (non-hydrogen) atoms. The molecule has 0 amide bonds. The number of rotatable bonds is 5. The molecule has 2 rings (SSSR count). The molecule has 0 bridgehead atoms. The summed E-state index contributed by atoms with van der Waals surface area (Å²) in [6, 6.07) is 11.5. The Balaban J connectivity index is 2.30. The summed E-state index contributed by atoms with van der Waals surface area (Å²) in [6.45, 7) is 2.20. The molecule has 1 aromatic carbocycles. The molecular weight excluding hydrogens is 222 g/mol. The zero-order valence-electron chi connectivity index (χ0n) is 10.8. The predicted molar refractivity (Wildman–Crippen MR) is 74.6 cm³/mol. The molecule has 1 N–H and O–H groups in total. The lowest BCUT2D eigenvalue weighted by Crippen LogP contribution is -1.93. The highest BCUT2D eigenvalue weighted by Gasteiger charge is 2.09. The van der Waals surface area contributed by atoms with Crippen molar-refractivity contribution in [2.45, 2.75) is 32.6 Å². The first kappa shape index (κ1) is 12.6. The Hall–Kier alpha value is -1.83. The van der Waals surface area contributed by atoms with E-state index >= 15 is 0 Å². The third kappa shape index (κ3) is 2.89. The van der Waals surface area contributed by atoms with Gasteiger partial charge in [-0.25, -0.2) is 0 Å². The standard InChI is InChI=1S/C16H19NO/c1-2-3-4-8-13-9-7-12-17-16(13)14-10-5-6-11-15(14)18/h5-7,9-12,18H,2-4,8H2,1H3. The fourth-order valence-corrected chi connectivity index (χ4v) is 2.12. The highest BCUT2D eigenvalue weighted by molar-refractivity contribution is 5.69. The molecule has 2 nitrogen and oxygen atoms in total. The number of phenolic OH excluding ortho intramolecular Hbond substituents is 1. The minimum atomic E-state index is 0.299. The fraction of sp³-hybridized carbons (Fsp3) is 0.312. The van der Waals surface area contributed by atoms with E-state index in [-0.39, 0.29) is 0 Å². The molecule has 0 fully saturated rings. The van der Waals surface area contributed by atoms with Crippen LogP contribution in [0.25, 0.3) is 11.3 Å². The zero-order valence-corrected chi connectivity index (χ0v) is 10.8. The van der Waals surface area contributed by atoms with Gasteiger partial charge in [0.1, 0.15) is 5.75 Å². The zero-order chi connectivity index (χ0) is 12.8. The van der Waals surface area contributed by atoms with Crippen molar-refractivity contribution in [2.75, 3.05) is 0 Å². The fourth-order valence-electron chi connectivity index (χ4n) is 2.12. The topological polar surface area (TPSA) is 33.1 Å². The molecule has 0 atom stereocenters. The van der Waals surface area contributed by atoms with Crippen molar-refractivity contribution >= 4 is 0 Å². The Morgan fingerprint density at radius 3 is 2.67 bits per heavy atom. The average molecular weight is 241 g/mol. The number of aromatic nitrogens is 1. The molecular formula is C16H19NO. The van der Waals surface area contributed by atoms with Crippen molar-refractivity contribution < 1.29 is 5.11 Å². The lowest BCUT2D eigenvalue weighted by atomic mass is 10.0. The highest BCUT2D eigenvalue weighted by atomic mass is 16.3. The Labute approximate surface area is 108 Å². The molecule has 1 aromatic heterocycles. The van der Waals surface area contributed by atoms with Crippen molar-refractivity contribution in [3.05, 3.63) is 48.2 Å². The quantitative estimate of drug-likeness (QED) is 0.796. The molecule has 2 heteroatoms. The van der Waals surface area contributed by atoms with Crippen LogP contribution in [0.4, 0.5) is 0 Å². The molecule has 0 saturated heterocycles. The van der Waals surface area contributed by atoms with E-state index < -0.39 is 0 Å². The first-order valence-corrected chi connectivity index (χ1v) is 6.55. The number of pyridine rings is 1. The van der Waals surface area contributed by atoms with Gasteiger partial charge in [0.25, 0.3) is 0 Å². The first-order valence-electron chi connectivity index (χ1n) is 6.55. The van der Waals surface area contributed by atoms with Gasteiger partial charge < -0.3 is 5.11 Å². The number of hydrogen-bond acceptors (Lipinski definition) is 2. The van der Waals surface area contributed by atoms with Crippen molar-refractivity contribution in [3.63, 3.8) is 0 Å². The second-order valence-electron chi connectivity index (χ2n) is 4.49. The van der Waals surface area contributed by atoms with E-state index in [0.29, 0.717) is 5.75 Å². The molecule has 0 unspecified atom stereocenters. The molecule has 1 heterocycles. The molecule has 0 aliphatic carbocycles. The SMILES string of the molecule is CCCCCc1cccnc1-c1ccccc1O. The van der Waals surface area contributed by atoms with E-state index in [9.17, 15) is 5.11 Å². The summed E-state index contributed by atoms with van der Waals surface area (Å²) in [7, 11) is 0. The summed E-state index contributed by atoms with van der Waals surface area (Å²) in [6.07, 6.45) is 6.42. The van der Waals surface area contributed by atoms with Gasteiger partial charge in [0.05, 0.1) is 5.69 Å². The van der Waals surface area contributed by atoms with Crippen LogP contribution in [0.5, 0.6) is 5.75 Å². The van der Waals surface area contributed by atoms with E-state index in [1.54, 1.807) is 12.3 Å². The summed E-state index contributed by atoms with van der Waals surface area (Å²) in [4.78, 5) is 4.43. The predicted octanol–water partition coefficient (Wildman–Crippen LogP) is 4.19. The number of benzene rings is 1. The molecule has 2 aromatic rings. The van der Waals surface area contributed by atoms with Crippen LogP contribution in [-0.4, -0.2) is 10.1 Å². The smallest absolute Gasteiger partial charge is 0.124 e. The summed E-state index contributed by atoms with van der Waals surface area (Å²) in [5.41, 5.74) is 2.95. The van der Waals surface area contributed by atoms with Crippen LogP contribution in [0.3, 0.4) is 0 Å². The molecule has 0 spiro atoms. The van der Waals surface area contributed by atoms with Gasteiger partial charge >= 0.3 is 0 Å². The number of hydrogen-bond donors (Lipinski definition) is 1. The van der Waals surface area contributed by atoms with Crippen LogP contribution in [-0.2, 0) is 6.42 Å². The van der Waals surface area contributed by atoms with Gasteiger partial charge in [-0.2, -0.15) is 0 Å². The third-order valence-electron chi connectivity index (χ3n) is 3.10. The van der Waals surface area contributed by atoms with Gasteiger partial charge in [-0.1, -0.05) is 38.0 Å². The van der Waals surface area contributed by atoms with Crippen LogP contribution in [0, 0.1) is 0 Å². The van der Waals surface area contributed by atoms with Gasteiger partial charge in [0.15, 0.2) is 0 Å². The molecule has 0 saturated carbocycles. The number of nitrogens with zero attached hydrogens (tertiary/aromatic N) is 1. The number of phenols is 1. The van der Waals surface area contributed by atoms with Gasteiger partial charge in [-0.15, -0.1) is 0 Å². The highest BCUT2D eigenvalue weighted by Crippen LogP contribution is 2.30. The number of aryl methyl sites for hydroxylation is 1. The Morgan fingerprint density at radius 2 is 1.89 bits per heavy atom. The molecule has 0 aliphatic rings. The molecule has 94 valence electrons. The second kappa shape index (κ2) is 6.20. The third-order valence-corrected chi connectivity index (χ3v) is 3.10. The molecule has 0 radical (unpaired) electrons. The summed E-state index contributed by atoms with van der Waals surface area (Å²) < 4.78 is 0. The number of aromatic hydroxyl groups is 1. The number of unbranched alkanes of at least 4 members (excludes halogenated alkanes) is 2. The summed E-state index contributed by atoms with van der Waals surface area (Å²) in [5.74, 6) is 0.299. The van der Waals surface area contributed by atoms with Gasteiger partial charge in [-0.05, 0) is 36.6 Å². The van der Waals surface area contributed by atoms with E-state index in [2.05, 4.69) is 18.0 Å². The van der Waals surface area contributed by atoms with Crippen molar-refractivity contribution in [3.8, 4) is 17.0 Å². The first-order chi connectivity index (χ1) is 8.83. The van der Waals surface area contributed by atoms with Gasteiger partial charge in [-0.3, -0.25) is 4.98 Å².